The Morgan fingerprint density at radius 3 is 2.81 bits per heavy atom. The Morgan fingerprint density at radius 1 is 1.62 bits per heavy atom. The van der Waals surface area contributed by atoms with Gasteiger partial charge in [0, 0.05) is 20.6 Å². The maximum atomic E-state index is 11.9. The van der Waals surface area contributed by atoms with Gasteiger partial charge in [0.25, 0.3) is 5.91 Å². The normalized spacial score (nSPS) is 12.5. The van der Waals surface area contributed by atoms with Crippen LogP contribution in [0, 0.1) is 0 Å². The third kappa shape index (κ3) is 2.79. The molecule has 0 saturated heterocycles. The number of aromatic amines is 1. The molecular formula is C10H18N4O2. The van der Waals surface area contributed by atoms with Crippen molar-refractivity contribution in [2.24, 2.45) is 0 Å². The van der Waals surface area contributed by atoms with E-state index in [-0.39, 0.29) is 17.8 Å². The zero-order valence-corrected chi connectivity index (χ0v) is 10.1. The molecular weight excluding hydrogens is 208 g/mol. The van der Waals surface area contributed by atoms with Crippen molar-refractivity contribution >= 4 is 5.91 Å². The summed E-state index contributed by atoms with van der Waals surface area (Å²) < 4.78 is 4.99. The van der Waals surface area contributed by atoms with E-state index in [9.17, 15) is 4.79 Å². The first-order valence-corrected chi connectivity index (χ1v) is 5.27. The molecule has 0 bridgehead atoms. The summed E-state index contributed by atoms with van der Waals surface area (Å²) in [5.74, 6) is 0.735. The molecule has 1 amide bonds. The lowest BCUT2D eigenvalue weighted by Gasteiger charge is -2.22. The minimum atomic E-state index is -0.194. The minimum absolute atomic E-state index is 0.000997. The van der Waals surface area contributed by atoms with E-state index >= 15 is 0 Å². The van der Waals surface area contributed by atoms with E-state index in [0.29, 0.717) is 6.61 Å². The van der Waals surface area contributed by atoms with Crippen molar-refractivity contribution < 1.29 is 9.53 Å². The predicted octanol–water partition coefficient (Wildman–Crippen LogP) is 0.474. The number of likely N-dealkylation sites (N-methyl/N-ethyl adjacent to an activating group) is 1. The zero-order chi connectivity index (χ0) is 12.1. The number of ether oxygens (including phenoxy) is 1. The second-order valence-corrected chi connectivity index (χ2v) is 3.68. The Morgan fingerprint density at radius 2 is 2.31 bits per heavy atom. The molecule has 1 heterocycles. The van der Waals surface area contributed by atoms with E-state index in [1.165, 1.54) is 0 Å². The first-order valence-electron chi connectivity index (χ1n) is 5.27. The predicted molar refractivity (Wildman–Crippen MR) is 59.2 cm³/mol. The third-order valence-corrected chi connectivity index (χ3v) is 2.45. The van der Waals surface area contributed by atoms with E-state index < -0.39 is 0 Å². The van der Waals surface area contributed by atoms with Gasteiger partial charge in [-0.25, -0.2) is 4.98 Å². The summed E-state index contributed by atoms with van der Waals surface area (Å²) in [5.41, 5.74) is 0. The molecule has 0 spiro atoms. The van der Waals surface area contributed by atoms with Gasteiger partial charge in [0.1, 0.15) is 5.82 Å². The fraction of sp³-hybridized carbons (Fsp3) is 0.700. The highest BCUT2D eigenvalue weighted by atomic mass is 16.5. The molecule has 0 aromatic carbocycles. The maximum Gasteiger partial charge on any atom is 0.293 e. The van der Waals surface area contributed by atoms with Crippen LogP contribution in [-0.4, -0.2) is 52.8 Å². The number of aromatic nitrogens is 3. The van der Waals surface area contributed by atoms with Crippen molar-refractivity contribution in [3.8, 4) is 0 Å². The topological polar surface area (TPSA) is 71.1 Å². The number of nitrogens with zero attached hydrogens (tertiary/aromatic N) is 3. The minimum Gasteiger partial charge on any atom is -0.383 e. The summed E-state index contributed by atoms with van der Waals surface area (Å²) in [6.45, 7) is 4.36. The van der Waals surface area contributed by atoms with Crippen molar-refractivity contribution in [3.63, 3.8) is 0 Å². The van der Waals surface area contributed by atoms with Crippen molar-refractivity contribution in [1.82, 2.24) is 20.1 Å². The number of carbonyl (C=O) groups is 1. The van der Waals surface area contributed by atoms with Gasteiger partial charge in [0.2, 0.25) is 5.82 Å². The summed E-state index contributed by atoms with van der Waals surface area (Å²) in [6, 6.07) is 0.000997. The third-order valence-electron chi connectivity index (χ3n) is 2.45. The molecule has 1 rings (SSSR count). The molecule has 0 aliphatic rings. The molecule has 0 fully saturated rings. The molecule has 1 unspecified atom stereocenters. The Bertz CT molecular complexity index is 350. The fourth-order valence-electron chi connectivity index (χ4n) is 1.26. The first kappa shape index (κ1) is 12.6. The van der Waals surface area contributed by atoms with Crippen LogP contribution in [0.5, 0.6) is 0 Å². The number of rotatable bonds is 5. The molecule has 1 N–H and O–H groups in total. The van der Waals surface area contributed by atoms with Gasteiger partial charge in [-0.05, 0) is 6.92 Å². The van der Waals surface area contributed by atoms with E-state index in [1.807, 2.05) is 13.8 Å². The molecule has 1 aromatic heterocycles. The van der Waals surface area contributed by atoms with E-state index in [4.69, 9.17) is 4.74 Å². The van der Waals surface area contributed by atoms with Crippen LogP contribution in [0.25, 0.3) is 0 Å². The van der Waals surface area contributed by atoms with Crippen LogP contribution < -0.4 is 0 Å². The molecule has 0 aliphatic heterocycles. The van der Waals surface area contributed by atoms with Gasteiger partial charge in [-0.1, -0.05) is 6.92 Å². The first-order chi connectivity index (χ1) is 7.60. The lowest BCUT2D eigenvalue weighted by atomic mass is 10.3. The highest BCUT2D eigenvalue weighted by molar-refractivity contribution is 5.90. The van der Waals surface area contributed by atoms with Gasteiger partial charge in [-0.15, -0.1) is 5.10 Å². The average molecular weight is 226 g/mol. The number of aryl methyl sites for hydroxylation is 1. The molecule has 0 aliphatic carbocycles. The monoisotopic (exact) mass is 226 g/mol. The maximum absolute atomic E-state index is 11.9. The van der Waals surface area contributed by atoms with Gasteiger partial charge < -0.3 is 9.64 Å². The van der Waals surface area contributed by atoms with E-state index in [2.05, 4.69) is 15.2 Å². The van der Waals surface area contributed by atoms with E-state index in [0.717, 1.165) is 12.2 Å². The van der Waals surface area contributed by atoms with Crippen LogP contribution in [0.2, 0.25) is 0 Å². The molecule has 6 heteroatoms. The number of hydrogen-bond donors (Lipinski definition) is 1. The Balaban J connectivity index is 2.69. The molecule has 90 valence electrons. The molecule has 1 atom stereocenters. The summed E-state index contributed by atoms with van der Waals surface area (Å²) >= 11 is 0. The number of nitrogens with one attached hydrogen (secondary N) is 1. The second kappa shape index (κ2) is 5.60. The van der Waals surface area contributed by atoms with Gasteiger partial charge in [0.05, 0.1) is 12.6 Å². The second-order valence-electron chi connectivity index (χ2n) is 3.68. The van der Waals surface area contributed by atoms with E-state index in [1.54, 1.807) is 19.1 Å². The smallest absolute Gasteiger partial charge is 0.293 e. The molecule has 0 saturated carbocycles. The fourth-order valence-corrected chi connectivity index (χ4v) is 1.26. The Labute approximate surface area is 95.0 Å². The van der Waals surface area contributed by atoms with Gasteiger partial charge in [-0.2, -0.15) is 0 Å². The van der Waals surface area contributed by atoms with Crippen molar-refractivity contribution in [3.05, 3.63) is 11.6 Å². The van der Waals surface area contributed by atoms with Crippen LogP contribution in [0.1, 0.15) is 30.3 Å². The van der Waals surface area contributed by atoms with Crippen LogP contribution in [0.3, 0.4) is 0 Å². The van der Waals surface area contributed by atoms with Gasteiger partial charge >= 0.3 is 0 Å². The number of carbonyl (C=O) groups excluding carboxylic acids is 1. The largest absolute Gasteiger partial charge is 0.383 e. The number of amides is 1. The summed E-state index contributed by atoms with van der Waals surface area (Å²) in [5, 5.41) is 6.60. The highest BCUT2D eigenvalue weighted by Crippen LogP contribution is 2.03. The van der Waals surface area contributed by atoms with Crippen molar-refractivity contribution in [1.29, 1.82) is 0 Å². The van der Waals surface area contributed by atoms with Gasteiger partial charge in [-0.3, -0.25) is 9.89 Å². The Hall–Kier alpha value is -1.43. The number of hydrogen-bond acceptors (Lipinski definition) is 4. The SMILES string of the molecule is CCc1nc(C(=O)N(C)C(C)COC)n[nH]1. The Kier molecular flexibility index (Phi) is 4.42. The van der Waals surface area contributed by atoms with Crippen LogP contribution in [0.4, 0.5) is 0 Å². The van der Waals surface area contributed by atoms with Crippen molar-refractivity contribution in [2.75, 3.05) is 20.8 Å². The quantitative estimate of drug-likeness (QED) is 0.792. The average Bonchev–Trinajstić information content (AvgIpc) is 2.75. The lowest BCUT2D eigenvalue weighted by molar-refractivity contribution is 0.0622. The van der Waals surface area contributed by atoms with Crippen LogP contribution in [0.15, 0.2) is 0 Å². The van der Waals surface area contributed by atoms with Crippen LogP contribution in [-0.2, 0) is 11.2 Å². The number of H-pyrrole nitrogens is 1. The number of methoxy groups -OCH3 is 1. The van der Waals surface area contributed by atoms with Crippen LogP contribution >= 0.6 is 0 Å². The zero-order valence-electron chi connectivity index (χ0n) is 10.1. The molecule has 1 aromatic rings. The molecule has 6 nitrogen and oxygen atoms in total. The summed E-state index contributed by atoms with van der Waals surface area (Å²) in [6.07, 6.45) is 0.734. The molecule has 0 radical (unpaired) electrons. The lowest BCUT2D eigenvalue weighted by Crippen LogP contribution is -2.38. The standard InChI is InChI=1S/C10H18N4O2/c1-5-8-11-9(13-12-8)10(15)14(3)7(2)6-16-4/h7H,5-6H2,1-4H3,(H,11,12,13). The summed E-state index contributed by atoms with van der Waals surface area (Å²) in [7, 11) is 3.32. The van der Waals surface area contributed by atoms with Gasteiger partial charge in [0.15, 0.2) is 0 Å². The van der Waals surface area contributed by atoms with Crippen molar-refractivity contribution in [2.45, 2.75) is 26.3 Å². The highest BCUT2D eigenvalue weighted by Gasteiger charge is 2.20. The summed E-state index contributed by atoms with van der Waals surface area (Å²) in [4.78, 5) is 17.6. The molecule has 16 heavy (non-hydrogen) atoms.